The molecule has 3 rings (SSSR count). The number of alkyl carbamates (subject to hydrolysis) is 1. The largest absolute Gasteiger partial charge is 0.495 e. The van der Waals surface area contributed by atoms with Crippen LogP contribution in [0.3, 0.4) is 0 Å². The Labute approximate surface area is 201 Å². The van der Waals surface area contributed by atoms with E-state index in [4.69, 9.17) is 25.8 Å². The van der Waals surface area contributed by atoms with Crippen LogP contribution in [0, 0.1) is 0 Å². The van der Waals surface area contributed by atoms with Crippen LogP contribution in [0.25, 0.3) is 0 Å². The van der Waals surface area contributed by atoms with Crippen LogP contribution in [-0.2, 0) is 19.4 Å². The minimum Gasteiger partial charge on any atom is -0.495 e. The first kappa shape index (κ1) is 25.4. The molecule has 0 aliphatic carbocycles. The second kappa shape index (κ2) is 9.59. The number of ether oxygens (including phenoxy) is 3. The van der Waals surface area contributed by atoms with Gasteiger partial charge in [0.15, 0.2) is 15.0 Å². The van der Waals surface area contributed by atoms with Gasteiger partial charge in [-0.2, -0.15) is 4.99 Å². The van der Waals surface area contributed by atoms with Crippen LogP contribution in [-0.4, -0.2) is 74.7 Å². The number of carbonyl (C=O) groups excluding carboxylic acids is 2. The third kappa shape index (κ3) is 6.04. The molecule has 2 saturated heterocycles. The number of aliphatic imine (C=N–C) groups is 1. The molecule has 0 unspecified atom stereocenters. The number of nitrogens with one attached hydrogen (secondary N) is 1. The van der Waals surface area contributed by atoms with E-state index in [0.717, 1.165) is 0 Å². The highest BCUT2D eigenvalue weighted by Crippen LogP contribution is 2.46. The van der Waals surface area contributed by atoms with Gasteiger partial charge in [0.25, 0.3) is 5.91 Å². The lowest BCUT2D eigenvalue weighted by atomic mass is 10.2. The zero-order valence-electron chi connectivity index (χ0n) is 18.9. The molecule has 0 saturated carbocycles. The Hall–Kier alpha value is -2.18. The summed E-state index contributed by atoms with van der Waals surface area (Å²) in [6.45, 7) is 4.76. The van der Waals surface area contributed by atoms with Crippen molar-refractivity contribution >= 4 is 56.1 Å². The number of rotatable bonds is 5. The van der Waals surface area contributed by atoms with Crippen LogP contribution in [0.4, 0.5) is 10.5 Å². The third-order valence-electron chi connectivity index (χ3n) is 4.78. The van der Waals surface area contributed by atoms with Gasteiger partial charge in [-0.3, -0.25) is 4.79 Å². The van der Waals surface area contributed by atoms with E-state index in [1.54, 1.807) is 37.8 Å². The second-order valence-corrected chi connectivity index (χ2v) is 12.2. The summed E-state index contributed by atoms with van der Waals surface area (Å²) in [6, 6.07) is 2.72. The van der Waals surface area contributed by atoms with E-state index in [2.05, 4.69) is 10.3 Å². The van der Waals surface area contributed by atoms with E-state index in [9.17, 15) is 18.0 Å². The highest BCUT2D eigenvalue weighted by atomic mass is 35.5. The van der Waals surface area contributed by atoms with Gasteiger partial charge in [-0.25, -0.2) is 13.2 Å². The van der Waals surface area contributed by atoms with E-state index in [1.165, 1.54) is 26.0 Å². The maximum absolute atomic E-state index is 12.5. The maximum Gasteiger partial charge on any atom is 0.408 e. The number of hydrogen-bond donors (Lipinski definition) is 1. The van der Waals surface area contributed by atoms with E-state index in [0.29, 0.717) is 27.4 Å². The third-order valence-corrected chi connectivity index (χ3v) is 8.29. The van der Waals surface area contributed by atoms with Gasteiger partial charge in [-0.15, -0.1) is 0 Å². The Morgan fingerprint density at radius 3 is 2.48 bits per heavy atom. The quantitative estimate of drug-likeness (QED) is 0.624. The summed E-state index contributed by atoms with van der Waals surface area (Å²) >= 11 is 7.52. The summed E-state index contributed by atoms with van der Waals surface area (Å²) in [5, 5.41) is 2.65. The van der Waals surface area contributed by atoms with Crippen LogP contribution >= 0.6 is 23.4 Å². The van der Waals surface area contributed by atoms with Gasteiger partial charge in [0.1, 0.15) is 23.6 Å². The van der Waals surface area contributed by atoms with Crippen molar-refractivity contribution < 1.29 is 32.2 Å². The predicted molar refractivity (Wildman–Crippen MR) is 128 cm³/mol. The number of anilines is 1. The molecule has 0 radical (unpaired) electrons. The fourth-order valence-electron chi connectivity index (χ4n) is 3.49. The SMILES string of the molecule is COc1cc(OC)c(N2C(=NC(=O)CNC(=O)OC(C)(C)C)S[C@H]3CS(=O)(=O)C[C@H]32)cc1Cl. The van der Waals surface area contributed by atoms with Gasteiger partial charge < -0.3 is 24.4 Å². The van der Waals surface area contributed by atoms with E-state index in [1.807, 2.05) is 0 Å². The van der Waals surface area contributed by atoms with Crippen LogP contribution in [0.1, 0.15) is 20.8 Å². The smallest absolute Gasteiger partial charge is 0.408 e. The van der Waals surface area contributed by atoms with Crippen molar-refractivity contribution in [2.24, 2.45) is 4.99 Å². The molecule has 13 heteroatoms. The lowest BCUT2D eigenvalue weighted by Gasteiger charge is -2.27. The van der Waals surface area contributed by atoms with Crippen molar-refractivity contribution in [3.8, 4) is 11.5 Å². The number of amidine groups is 1. The first-order chi connectivity index (χ1) is 15.3. The summed E-state index contributed by atoms with van der Waals surface area (Å²) in [5.74, 6) is 0.0225. The van der Waals surface area contributed by atoms with Gasteiger partial charge in [0.2, 0.25) is 0 Å². The number of methoxy groups -OCH3 is 2. The van der Waals surface area contributed by atoms with Crippen molar-refractivity contribution in [3.63, 3.8) is 0 Å². The molecule has 2 fully saturated rings. The van der Waals surface area contributed by atoms with Crippen LogP contribution in [0.2, 0.25) is 5.02 Å². The van der Waals surface area contributed by atoms with Gasteiger partial charge in [-0.1, -0.05) is 23.4 Å². The van der Waals surface area contributed by atoms with Gasteiger partial charge in [0.05, 0.1) is 42.5 Å². The number of carbonyl (C=O) groups is 2. The molecule has 0 spiro atoms. The minimum absolute atomic E-state index is 0.0333. The van der Waals surface area contributed by atoms with E-state index < -0.39 is 33.5 Å². The van der Waals surface area contributed by atoms with Crippen LogP contribution in [0.15, 0.2) is 17.1 Å². The molecule has 2 amide bonds. The maximum atomic E-state index is 12.5. The van der Waals surface area contributed by atoms with Crippen LogP contribution < -0.4 is 19.7 Å². The Balaban J connectivity index is 1.91. The Morgan fingerprint density at radius 1 is 1.21 bits per heavy atom. The van der Waals surface area contributed by atoms with E-state index >= 15 is 0 Å². The fourth-order valence-corrected chi connectivity index (χ4v) is 7.65. The summed E-state index contributed by atoms with van der Waals surface area (Å²) in [6.07, 6.45) is -0.737. The minimum atomic E-state index is -3.25. The zero-order chi connectivity index (χ0) is 24.6. The Kier molecular flexibility index (Phi) is 7.39. The molecule has 33 heavy (non-hydrogen) atoms. The number of fused-ring (bicyclic) bond motifs is 1. The molecular weight excluding hydrogens is 494 g/mol. The average Bonchev–Trinajstić information content (AvgIpc) is 3.15. The fraction of sp³-hybridized carbons (Fsp3) is 0.550. The van der Waals surface area contributed by atoms with Crippen molar-refractivity contribution in [2.45, 2.75) is 37.7 Å². The summed E-state index contributed by atoms with van der Waals surface area (Å²) in [4.78, 5) is 30.2. The van der Waals surface area contributed by atoms with Gasteiger partial charge in [-0.05, 0) is 26.8 Å². The van der Waals surface area contributed by atoms with E-state index in [-0.39, 0.29) is 23.3 Å². The predicted octanol–water partition coefficient (Wildman–Crippen LogP) is 2.48. The average molecular weight is 520 g/mol. The number of halogens is 1. The van der Waals surface area contributed by atoms with Crippen molar-refractivity contribution in [3.05, 3.63) is 17.2 Å². The molecule has 10 nitrogen and oxygen atoms in total. The number of hydrogen-bond acceptors (Lipinski definition) is 8. The number of amides is 2. The molecular formula is C20H26ClN3O7S2. The summed E-state index contributed by atoms with van der Waals surface area (Å²) in [5.41, 5.74) is -0.239. The van der Waals surface area contributed by atoms with Gasteiger partial charge >= 0.3 is 6.09 Å². The number of nitrogens with zero attached hydrogens (tertiary/aromatic N) is 2. The molecule has 1 N–H and O–H groups in total. The molecule has 2 atom stereocenters. The zero-order valence-corrected chi connectivity index (χ0v) is 21.3. The molecule has 182 valence electrons. The normalized spacial score (nSPS) is 22.7. The van der Waals surface area contributed by atoms with Crippen molar-refractivity contribution in [1.29, 1.82) is 0 Å². The monoisotopic (exact) mass is 519 g/mol. The summed E-state index contributed by atoms with van der Waals surface area (Å²) < 4.78 is 40.4. The number of sulfone groups is 1. The second-order valence-electron chi connectivity index (χ2n) is 8.47. The lowest BCUT2D eigenvalue weighted by Crippen LogP contribution is -2.39. The number of benzene rings is 1. The standard InChI is InChI=1S/C20H26ClN3O7S2/c1-20(2,3)31-19(26)22-8-17(25)23-18-24(13-9-33(27,28)10-16(13)32-18)12-6-11(21)14(29-4)7-15(12)30-5/h6-7,13,16H,8-10H2,1-5H3,(H,22,26)/t13-,16+/m1/s1. The van der Waals surface area contributed by atoms with Crippen molar-refractivity contribution in [1.82, 2.24) is 5.32 Å². The molecule has 1 aromatic carbocycles. The molecule has 2 aliphatic rings. The highest BCUT2D eigenvalue weighted by molar-refractivity contribution is 8.16. The lowest BCUT2D eigenvalue weighted by molar-refractivity contribution is -0.117. The van der Waals surface area contributed by atoms with Crippen molar-refractivity contribution in [2.75, 3.05) is 37.2 Å². The molecule has 0 bridgehead atoms. The Bertz CT molecular complexity index is 1090. The molecule has 2 heterocycles. The molecule has 1 aromatic rings. The molecule has 2 aliphatic heterocycles. The first-order valence-corrected chi connectivity index (χ1v) is 13.1. The summed E-state index contributed by atoms with van der Waals surface area (Å²) in [7, 11) is -0.324. The molecule has 0 aromatic heterocycles. The van der Waals surface area contributed by atoms with Gasteiger partial charge in [0, 0.05) is 11.3 Å². The first-order valence-electron chi connectivity index (χ1n) is 9.99. The number of thioether (sulfide) groups is 1. The Morgan fingerprint density at radius 2 is 1.88 bits per heavy atom. The van der Waals surface area contributed by atoms with Crippen LogP contribution in [0.5, 0.6) is 11.5 Å². The highest BCUT2D eigenvalue weighted by Gasteiger charge is 2.50. The topological polar surface area (TPSA) is 124 Å².